The van der Waals surface area contributed by atoms with E-state index in [1.165, 1.54) is 0 Å². The van der Waals surface area contributed by atoms with E-state index in [9.17, 15) is 13.6 Å². The second-order valence-electron chi connectivity index (χ2n) is 2.64. The van der Waals surface area contributed by atoms with Gasteiger partial charge in [-0.05, 0) is 55.4 Å². The first-order chi connectivity index (χ1) is 7.00. The van der Waals surface area contributed by atoms with E-state index in [4.69, 9.17) is 0 Å². The monoisotopic (exact) mass is 412 g/mol. The van der Waals surface area contributed by atoms with Crippen molar-refractivity contribution in [3.63, 3.8) is 0 Å². The molecule has 0 spiro atoms. The van der Waals surface area contributed by atoms with Crippen LogP contribution in [0.4, 0.5) is 9.05 Å². The van der Waals surface area contributed by atoms with Crippen LogP contribution in [0.5, 0.6) is 0 Å². The second kappa shape index (κ2) is 5.67. The van der Waals surface area contributed by atoms with Crippen LogP contribution in [0.1, 0.15) is 5.56 Å². The summed E-state index contributed by atoms with van der Waals surface area (Å²) in [6.07, 6.45) is -0.475. The van der Waals surface area contributed by atoms with Crippen LogP contribution in [-0.2, 0) is 20.2 Å². The van der Waals surface area contributed by atoms with Crippen LogP contribution in [-0.4, -0.2) is 0 Å². The lowest BCUT2D eigenvalue weighted by atomic mass is 10.2. The van der Waals surface area contributed by atoms with Gasteiger partial charge in [0.2, 0.25) is 0 Å². The molecule has 0 radical (unpaired) electrons. The predicted molar refractivity (Wildman–Crippen MR) is 62.6 cm³/mol. The van der Waals surface area contributed by atoms with E-state index < -0.39 is 13.8 Å². The lowest BCUT2D eigenvalue weighted by molar-refractivity contribution is -0.0881. The lowest BCUT2D eigenvalue weighted by Gasteiger charge is -2.08. The van der Waals surface area contributed by atoms with Crippen LogP contribution in [0.2, 0.25) is 0 Å². The highest BCUT2D eigenvalue weighted by Crippen LogP contribution is 2.52. The second-order valence-corrected chi connectivity index (χ2v) is 6.56. The van der Waals surface area contributed by atoms with Crippen LogP contribution in [0.3, 0.4) is 0 Å². The maximum atomic E-state index is 11.8. The third-order valence-corrected chi connectivity index (χ3v) is 4.18. The molecule has 0 aliphatic carbocycles. The van der Waals surface area contributed by atoms with Crippen molar-refractivity contribution >= 4 is 46.1 Å². The Morgan fingerprint density at radius 3 is 2.53 bits per heavy atom. The van der Waals surface area contributed by atoms with Gasteiger partial charge < -0.3 is 0 Å². The smallest absolute Gasteiger partial charge is 0.254 e. The molecule has 0 N–H and O–H groups in total. The summed E-state index contributed by atoms with van der Waals surface area (Å²) in [5.74, 6) is 0. The maximum Gasteiger partial charge on any atom is 0.399 e. The van der Waals surface area contributed by atoms with Gasteiger partial charge in [0.1, 0.15) is 0 Å². The van der Waals surface area contributed by atoms with Crippen LogP contribution in [0.15, 0.2) is 22.7 Å². The fourth-order valence-electron chi connectivity index (χ4n) is 0.933. The Balaban J connectivity index is 2.98. The Morgan fingerprint density at radius 1 is 1.40 bits per heavy atom. The summed E-state index contributed by atoms with van der Waals surface area (Å²) in [4.78, 5) is 0. The number of rotatable bonds is 4. The van der Waals surface area contributed by atoms with Gasteiger partial charge in [-0.3, -0.25) is 4.57 Å². The molecule has 3 nitrogen and oxygen atoms in total. The largest absolute Gasteiger partial charge is 0.399 e. The van der Waals surface area contributed by atoms with Gasteiger partial charge in [-0.15, -0.1) is 9.46 Å². The van der Waals surface area contributed by atoms with Crippen molar-refractivity contribution in [2.24, 2.45) is 0 Å². The first-order valence-corrected chi connectivity index (χ1v) is 7.24. The summed E-state index contributed by atoms with van der Waals surface area (Å²) in [7, 11) is -4.32. The molecule has 0 atom stereocenters. The molecule has 0 unspecified atom stereocenters. The minimum Gasteiger partial charge on any atom is -0.254 e. The van der Waals surface area contributed by atoms with E-state index in [1.54, 1.807) is 18.2 Å². The van der Waals surface area contributed by atoms with Gasteiger partial charge in [0, 0.05) is 8.04 Å². The van der Waals surface area contributed by atoms with E-state index in [0.29, 0.717) is 10.0 Å². The Morgan fingerprint density at radius 2 is 2.00 bits per heavy atom. The Bertz CT molecular complexity index is 396. The van der Waals surface area contributed by atoms with Crippen molar-refractivity contribution in [3.8, 4) is 0 Å². The van der Waals surface area contributed by atoms with Crippen molar-refractivity contribution in [1.82, 2.24) is 0 Å². The molecule has 15 heavy (non-hydrogen) atoms. The number of hydrogen-bond acceptors (Lipinski definition) is 3. The molecule has 0 bridgehead atoms. The molecule has 0 aliphatic heterocycles. The van der Waals surface area contributed by atoms with Crippen molar-refractivity contribution in [2.45, 2.75) is 6.16 Å². The molecule has 0 saturated carbocycles. The Hall–Kier alpha value is 0.440. The van der Waals surface area contributed by atoms with E-state index in [2.05, 4.69) is 25.4 Å². The summed E-state index contributed by atoms with van der Waals surface area (Å²) >= 11 is 5.18. The van der Waals surface area contributed by atoms with Crippen LogP contribution in [0, 0.1) is 3.57 Å². The third kappa shape index (κ3) is 3.74. The van der Waals surface area contributed by atoms with E-state index >= 15 is 0 Å². The van der Waals surface area contributed by atoms with E-state index in [-0.39, 0.29) is 0 Å². The topological polar surface area (TPSA) is 35.5 Å². The molecule has 1 aromatic rings. The molecule has 0 aromatic heterocycles. The summed E-state index contributed by atoms with van der Waals surface area (Å²) in [6.45, 7) is 0. The fourth-order valence-corrected chi connectivity index (χ4v) is 2.89. The van der Waals surface area contributed by atoms with Gasteiger partial charge >= 0.3 is 7.60 Å². The SMILES string of the molecule is O=P(Cc1cc(I)ccc1Br)(OF)OF. The van der Waals surface area contributed by atoms with Crippen molar-refractivity contribution in [1.29, 1.82) is 0 Å². The zero-order valence-corrected chi connectivity index (χ0v) is 11.8. The van der Waals surface area contributed by atoms with Gasteiger partial charge in [0.25, 0.3) is 0 Å². The lowest BCUT2D eigenvalue weighted by Crippen LogP contribution is -1.92. The molecular formula is C7H5BrF2IO3P. The minimum absolute atomic E-state index is 0.445. The zero-order valence-electron chi connectivity index (χ0n) is 7.12. The third-order valence-electron chi connectivity index (χ3n) is 1.58. The highest BCUT2D eigenvalue weighted by atomic mass is 127. The fraction of sp³-hybridized carbons (Fsp3) is 0.143. The average Bonchev–Trinajstić information content (AvgIpc) is 2.23. The normalized spacial score (nSPS) is 11.7. The van der Waals surface area contributed by atoms with Crippen molar-refractivity contribution < 1.29 is 23.1 Å². The van der Waals surface area contributed by atoms with Crippen LogP contribution >= 0.6 is 46.1 Å². The standard InChI is InChI=1S/C7H5BrF2IO3P/c8-7-2-1-6(11)3-5(7)4-15(12,13-9)14-10/h1-3H,4H2. The van der Waals surface area contributed by atoms with E-state index in [0.717, 1.165) is 3.57 Å². The molecule has 1 rings (SSSR count). The molecule has 0 aliphatic rings. The number of hydrogen-bond donors (Lipinski definition) is 0. The van der Waals surface area contributed by atoms with Gasteiger partial charge in [-0.25, -0.2) is 0 Å². The number of halogens is 4. The van der Waals surface area contributed by atoms with Gasteiger partial charge in [-0.2, -0.15) is 0 Å². The molecule has 0 fully saturated rings. The van der Waals surface area contributed by atoms with Gasteiger partial charge in [0.15, 0.2) is 0 Å². The van der Waals surface area contributed by atoms with Crippen molar-refractivity contribution in [2.75, 3.05) is 0 Å². The highest BCUT2D eigenvalue weighted by molar-refractivity contribution is 14.1. The minimum atomic E-state index is -4.32. The summed E-state index contributed by atoms with van der Waals surface area (Å²) in [5, 5.41) is 0. The molecule has 8 heteroatoms. The molecule has 0 heterocycles. The van der Waals surface area contributed by atoms with E-state index in [1.807, 2.05) is 22.6 Å². The molecular weight excluding hydrogens is 408 g/mol. The average molecular weight is 413 g/mol. The molecule has 84 valence electrons. The number of benzene rings is 1. The van der Waals surface area contributed by atoms with Crippen molar-refractivity contribution in [3.05, 3.63) is 31.8 Å². The Labute approximate surface area is 107 Å². The predicted octanol–water partition coefficient (Wildman–Crippen LogP) is 4.55. The molecule has 1 aromatic carbocycles. The first kappa shape index (κ1) is 13.5. The molecule has 0 amide bonds. The molecule has 0 saturated heterocycles. The summed E-state index contributed by atoms with van der Waals surface area (Å²) < 4.78 is 42.3. The highest BCUT2D eigenvalue weighted by Gasteiger charge is 2.29. The maximum absolute atomic E-state index is 11.8. The van der Waals surface area contributed by atoms with Crippen LogP contribution in [0.25, 0.3) is 0 Å². The quantitative estimate of drug-likeness (QED) is 0.537. The summed E-state index contributed by atoms with van der Waals surface area (Å²) in [5.41, 5.74) is 0.445. The zero-order chi connectivity index (χ0) is 11.5. The first-order valence-electron chi connectivity index (χ1n) is 3.64. The van der Waals surface area contributed by atoms with Gasteiger partial charge in [0.05, 0.1) is 6.16 Å². The summed E-state index contributed by atoms with van der Waals surface area (Å²) in [6, 6.07) is 5.08. The Kier molecular flexibility index (Phi) is 5.11. The van der Waals surface area contributed by atoms with Crippen LogP contribution < -0.4 is 0 Å². The van der Waals surface area contributed by atoms with Gasteiger partial charge in [-0.1, -0.05) is 15.9 Å².